The zero-order chi connectivity index (χ0) is 22.3. The maximum absolute atomic E-state index is 14.2. The Morgan fingerprint density at radius 1 is 0.938 bits per heavy atom. The first-order chi connectivity index (χ1) is 15.6. The van der Waals surface area contributed by atoms with Crippen molar-refractivity contribution in [1.82, 2.24) is 10.3 Å². The fourth-order valence-electron chi connectivity index (χ4n) is 4.20. The highest BCUT2D eigenvalue weighted by atomic mass is 19.1. The van der Waals surface area contributed by atoms with E-state index in [-0.39, 0.29) is 17.6 Å². The zero-order valence-corrected chi connectivity index (χ0v) is 17.8. The number of rotatable bonds is 6. The van der Waals surface area contributed by atoms with Gasteiger partial charge < -0.3 is 5.32 Å². The fourth-order valence-corrected chi connectivity index (χ4v) is 4.20. The van der Waals surface area contributed by atoms with Crippen LogP contribution in [0.25, 0.3) is 0 Å². The van der Waals surface area contributed by atoms with E-state index in [1.54, 1.807) is 24.3 Å². The van der Waals surface area contributed by atoms with Crippen LogP contribution in [0.4, 0.5) is 10.1 Å². The van der Waals surface area contributed by atoms with Gasteiger partial charge in [-0.05, 0) is 48.7 Å². The molecule has 0 aliphatic heterocycles. The average Bonchev–Trinajstić information content (AvgIpc) is 2.83. The Morgan fingerprint density at radius 3 is 2.38 bits per heavy atom. The molecular formula is C26H26FN3O2. The number of nitrogens with one attached hydrogen (secondary N) is 1. The molecule has 2 amide bonds. The van der Waals surface area contributed by atoms with Crippen molar-refractivity contribution in [3.63, 3.8) is 0 Å². The second kappa shape index (κ2) is 10.2. The van der Waals surface area contributed by atoms with E-state index in [0.29, 0.717) is 11.3 Å². The Labute approximate surface area is 187 Å². The number of nitrogens with zero attached hydrogens (tertiary/aromatic N) is 2. The number of hydrogen-bond donors (Lipinski definition) is 1. The summed E-state index contributed by atoms with van der Waals surface area (Å²) in [6.45, 7) is 0. The predicted octanol–water partition coefficient (Wildman–Crippen LogP) is 5.06. The fraction of sp³-hybridized carbons (Fsp3) is 0.269. The van der Waals surface area contributed by atoms with E-state index in [2.05, 4.69) is 10.3 Å². The topological polar surface area (TPSA) is 62.3 Å². The maximum atomic E-state index is 14.2. The van der Waals surface area contributed by atoms with Crippen LogP contribution in [0.15, 0.2) is 79.0 Å². The minimum Gasteiger partial charge on any atom is -0.351 e. The molecule has 0 saturated heterocycles. The molecule has 0 unspecified atom stereocenters. The van der Waals surface area contributed by atoms with Crippen LogP contribution < -0.4 is 10.2 Å². The molecule has 0 radical (unpaired) electrons. The number of amides is 2. The van der Waals surface area contributed by atoms with Crippen molar-refractivity contribution < 1.29 is 14.0 Å². The van der Waals surface area contributed by atoms with Crippen molar-refractivity contribution in [3.8, 4) is 0 Å². The summed E-state index contributed by atoms with van der Waals surface area (Å²) >= 11 is 0. The van der Waals surface area contributed by atoms with E-state index in [1.807, 2.05) is 30.3 Å². The monoisotopic (exact) mass is 431 g/mol. The summed E-state index contributed by atoms with van der Waals surface area (Å²) in [6.07, 6.45) is 6.67. The van der Waals surface area contributed by atoms with Crippen LogP contribution in [0.1, 0.15) is 54.2 Å². The number of halogens is 1. The molecule has 2 aromatic carbocycles. The van der Waals surface area contributed by atoms with E-state index in [0.717, 1.165) is 25.7 Å². The summed E-state index contributed by atoms with van der Waals surface area (Å²) in [5.41, 5.74) is 1.13. The van der Waals surface area contributed by atoms with Gasteiger partial charge in [-0.15, -0.1) is 0 Å². The minimum absolute atomic E-state index is 0.0711. The van der Waals surface area contributed by atoms with Crippen LogP contribution in [0.3, 0.4) is 0 Å². The third kappa shape index (κ3) is 5.02. The lowest BCUT2D eigenvalue weighted by atomic mass is 9.94. The van der Waals surface area contributed by atoms with E-state index in [4.69, 9.17) is 0 Å². The van der Waals surface area contributed by atoms with Crippen LogP contribution in [-0.4, -0.2) is 22.8 Å². The van der Waals surface area contributed by atoms with Crippen molar-refractivity contribution in [2.24, 2.45) is 0 Å². The van der Waals surface area contributed by atoms with Gasteiger partial charge in [0.15, 0.2) is 0 Å². The maximum Gasteiger partial charge on any atom is 0.277 e. The predicted molar refractivity (Wildman–Crippen MR) is 122 cm³/mol. The third-order valence-corrected chi connectivity index (χ3v) is 5.76. The lowest BCUT2D eigenvalue weighted by Crippen LogP contribution is -2.47. The van der Waals surface area contributed by atoms with E-state index >= 15 is 0 Å². The summed E-state index contributed by atoms with van der Waals surface area (Å²) in [5.74, 6) is -1.23. The molecule has 6 heteroatoms. The van der Waals surface area contributed by atoms with Gasteiger partial charge in [-0.2, -0.15) is 0 Å². The van der Waals surface area contributed by atoms with Gasteiger partial charge >= 0.3 is 0 Å². The molecule has 1 aromatic heterocycles. The molecule has 0 spiro atoms. The highest BCUT2D eigenvalue weighted by Gasteiger charge is 2.35. The second-order valence-corrected chi connectivity index (χ2v) is 8.03. The first kappa shape index (κ1) is 21.7. The van der Waals surface area contributed by atoms with Gasteiger partial charge in [0.1, 0.15) is 17.6 Å². The summed E-state index contributed by atoms with van der Waals surface area (Å²) < 4.78 is 14.2. The molecule has 1 heterocycles. The molecule has 1 fully saturated rings. The van der Waals surface area contributed by atoms with E-state index < -0.39 is 17.8 Å². The molecular weight excluding hydrogens is 405 g/mol. The van der Waals surface area contributed by atoms with Crippen molar-refractivity contribution >= 4 is 17.5 Å². The number of carbonyl (C=O) groups excluding carboxylic acids is 2. The average molecular weight is 432 g/mol. The molecule has 1 saturated carbocycles. The number of carbonyl (C=O) groups is 2. The van der Waals surface area contributed by atoms with E-state index in [9.17, 15) is 14.0 Å². The van der Waals surface area contributed by atoms with Gasteiger partial charge in [0.25, 0.3) is 5.91 Å². The largest absolute Gasteiger partial charge is 0.351 e. The highest BCUT2D eigenvalue weighted by Crippen LogP contribution is 2.30. The number of pyridine rings is 1. The number of benzene rings is 2. The molecule has 4 rings (SSSR count). The number of hydrogen-bond acceptors (Lipinski definition) is 3. The third-order valence-electron chi connectivity index (χ3n) is 5.76. The van der Waals surface area contributed by atoms with Gasteiger partial charge in [-0.1, -0.05) is 61.7 Å². The van der Waals surface area contributed by atoms with Crippen LogP contribution in [0.2, 0.25) is 0 Å². The molecule has 164 valence electrons. The molecule has 1 atom stereocenters. The minimum atomic E-state index is -0.963. The molecule has 32 heavy (non-hydrogen) atoms. The lowest BCUT2D eigenvalue weighted by molar-refractivity contribution is -0.123. The van der Waals surface area contributed by atoms with Gasteiger partial charge in [-0.3, -0.25) is 19.5 Å². The van der Waals surface area contributed by atoms with Crippen LogP contribution in [0.5, 0.6) is 0 Å². The first-order valence-corrected chi connectivity index (χ1v) is 11.0. The highest BCUT2D eigenvalue weighted by molar-refractivity contribution is 6.09. The smallest absolute Gasteiger partial charge is 0.277 e. The molecule has 5 nitrogen and oxygen atoms in total. The van der Waals surface area contributed by atoms with Crippen molar-refractivity contribution in [1.29, 1.82) is 0 Å². The SMILES string of the molecule is O=C(NC1CCCCC1)[C@@H](c1ccccc1)N(C(=O)c1ccccn1)c1cccc(F)c1. The first-order valence-electron chi connectivity index (χ1n) is 11.0. The standard InChI is InChI=1S/C26H26FN3O2/c27-20-12-9-15-22(18-20)30(26(32)23-16-7-8-17-28-23)24(19-10-3-1-4-11-19)25(31)29-21-13-5-2-6-14-21/h1,3-4,7-12,15-18,21,24H,2,5-6,13-14H2,(H,29,31)/t24-/m1/s1. The molecule has 1 N–H and O–H groups in total. The van der Waals surface area contributed by atoms with Gasteiger partial charge in [0.05, 0.1) is 0 Å². The zero-order valence-electron chi connectivity index (χ0n) is 17.8. The Morgan fingerprint density at radius 2 is 1.69 bits per heavy atom. The van der Waals surface area contributed by atoms with Crippen molar-refractivity contribution in [2.75, 3.05) is 4.90 Å². The Hall–Kier alpha value is -3.54. The van der Waals surface area contributed by atoms with Gasteiger partial charge in [-0.25, -0.2) is 4.39 Å². The Balaban J connectivity index is 1.78. The normalized spacial score (nSPS) is 15.0. The second-order valence-electron chi connectivity index (χ2n) is 8.03. The Bertz CT molecular complexity index is 1050. The van der Waals surface area contributed by atoms with E-state index in [1.165, 1.54) is 35.7 Å². The number of aromatic nitrogens is 1. The quantitative estimate of drug-likeness (QED) is 0.594. The summed E-state index contributed by atoms with van der Waals surface area (Å²) in [6, 6.07) is 19.0. The van der Waals surface area contributed by atoms with Crippen LogP contribution in [0, 0.1) is 5.82 Å². The molecule has 1 aliphatic rings. The number of anilines is 1. The lowest BCUT2D eigenvalue weighted by Gasteiger charge is -2.33. The summed E-state index contributed by atoms with van der Waals surface area (Å²) in [4.78, 5) is 32.8. The summed E-state index contributed by atoms with van der Waals surface area (Å²) in [5, 5.41) is 3.14. The van der Waals surface area contributed by atoms with Crippen LogP contribution >= 0.6 is 0 Å². The molecule has 3 aromatic rings. The van der Waals surface area contributed by atoms with Gasteiger partial charge in [0, 0.05) is 17.9 Å². The van der Waals surface area contributed by atoms with Crippen molar-refractivity contribution in [3.05, 3.63) is 96.1 Å². The van der Waals surface area contributed by atoms with Crippen LogP contribution in [-0.2, 0) is 4.79 Å². The van der Waals surface area contributed by atoms with Crippen molar-refractivity contribution in [2.45, 2.75) is 44.2 Å². The van der Waals surface area contributed by atoms with Gasteiger partial charge in [0.2, 0.25) is 5.91 Å². The molecule has 1 aliphatic carbocycles. The Kier molecular flexibility index (Phi) is 6.90. The molecule has 0 bridgehead atoms. The summed E-state index contributed by atoms with van der Waals surface area (Å²) in [7, 11) is 0.